The second-order valence-electron chi connectivity index (χ2n) is 8.83. The first-order chi connectivity index (χ1) is 16.8. The molecule has 2 aromatic heterocycles. The molecule has 0 aliphatic rings. The lowest BCUT2D eigenvalue weighted by atomic mass is 10.0. The Bertz CT molecular complexity index is 1640. The molecular weight excluding hydrogens is 412 g/mol. The highest BCUT2D eigenvalue weighted by molar-refractivity contribution is 6.21. The molecule has 6 aromatic rings. The molecule has 0 saturated heterocycles. The predicted octanol–water partition coefficient (Wildman–Crippen LogP) is 8.92. The lowest BCUT2D eigenvalue weighted by Crippen LogP contribution is -1.97. The van der Waals surface area contributed by atoms with E-state index in [9.17, 15) is 0 Å². The summed E-state index contributed by atoms with van der Waals surface area (Å²) in [5.41, 5.74) is 10.0. The number of benzene rings is 4. The summed E-state index contributed by atoms with van der Waals surface area (Å²) in [6.45, 7) is 4.47. The Morgan fingerprint density at radius 1 is 0.706 bits per heavy atom. The van der Waals surface area contributed by atoms with Crippen LogP contribution in [0, 0.1) is 0 Å². The molecule has 6 rings (SSSR count). The molecule has 4 aromatic carbocycles. The van der Waals surface area contributed by atoms with Crippen LogP contribution in [0.15, 0.2) is 97.1 Å². The molecule has 2 heteroatoms. The Balaban J connectivity index is 1.66. The maximum atomic E-state index is 3.63. The molecule has 0 bridgehead atoms. The van der Waals surface area contributed by atoms with Crippen molar-refractivity contribution in [1.29, 1.82) is 0 Å². The number of fused-ring (bicyclic) bond motifs is 5. The maximum Gasteiger partial charge on any atom is 0.0545 e. The van der Waals surface area contributed by atoms with Crippen LogP contribution < -0.4 is 0 Å². The van der Waals surface area contributed by atoms with Crippen LogP contribution in [-0.4, -0.2) is 9.55 Å². The van der Waals surface area contributed by atoms with Crippen molar-refractivity contribution in [3.05, 3.63) is 108 Å². The molecule has 0 radical (unpaired) electrons. The largest absolute Gasteiger partial charge is 0.354 e. The minimum Gasteiger partial charge on any atom is -0.354 e. The van der Waals surface area contributed by atoms with Crippen LogP contribution in [-0.2, 0) is 6.42 Å². The zero-order chi connectivity index (χ0) is 23.1. The minimum atomic E-state index is 0.980. The van der Waals surface area contributed by atoms with Crippen LogP contribution in [0.25, 0.3) is 55.6 Å². The van der Waals surface area contributed by atoms with Gasteiger partial charge in [0.05, 0.1) is 5.52 Å². The van der Waals surface area contributed by atoms with E-state index >= 15 is 0 Å². The van der Waals surface area contributed by atoms with Crippen molar-refractivity contribution >= 4 is 38.8 Å². The number of aromatic amines is 1. The fourth-order valence-corrected chi connectivity index (χ4v) is 5.29. The van der Waals surface area contributed by atoms with Crippen LogP contribution in [0.4, 0.5) is 0 Å². The first kappa shape index (κ1) is 20.6. The van der Waals surface area contributed by atoms with E-state index in [4.69, 9.17) is 0 Å². The van der Waals surface area contributed by atoms with Gasteiger partial charge >= 0.3 is 0 Å². The molecule has 0 atom stereocenters. The van der Waals surface area contributed by atoms with E-state index in [-0.39, 0.29) is 0 Å². The smallest absolute Gasteiger partial charge is 0.0545 e. The Morgan fingerprint density at radius 2 is 1.44 bits per heavy atom. The van der Waals surface area contributed by atoms with E-state index < -0.39 is 0 Å². The van der Waals surface area contributed by atoms with Gasteiger partial charge in [0, 0.05) is 38.6 Å². The summed E-state index contributed by atoms with van der Waals surface area (Å²) in [6, 6.07) is 32.7. The van der Waals surface area contributed by atoms with Gasteiger partial charge in [0.15, 0.2) is 0 Å². The topological polar surface area (TPSA) is 20.7 Å². The van der Waals surface area contributed by atoms with Crippen molar-refractivity contribution in [3.63, 3.8) is 0 Å². The second kappa shape index (κ2) is 8.39. The van der Waals surface area contributed by atoms with Crippen LogP contribution in [0.5, 0.6) is 0 Å². The molecule has 166 valence electrons. The number of rotatable bonds is 5. The average molecular weight is 441 g/mol. The van der Waals surface area contributed by atoms with Crippen LogP contribution in [0.2, 0.25) is 0 Å². The van der Waals surface area contributed by atoms with Gasteiger partial charge < -0.3 is 9.55 Å². The highest BCUT2D eigenvalue weighted by Gasteiger charge is 2.20. The Labute approximate surface area is 200 Å². The van der Waals surface area contributed by atoms with Crippen molar-refractivity contribution in [2.75, 3.05) is 0 Å². The molecule has 34 heavy (non-hydrogen) atoms. The van der Waals surface area contributed by atoms with E-state index in [1.54, 1.807) is 0 Å². The number of H-pyrrole nitrogens is 1. The number of aromatic nitrogens is 2. The van der Waals surface area contributed by atoms with E-state index in [0.717, 1.165) is 12.8 Å². The van der Waals surface area contributed by atoms with Crippen molar-refractivity contribution in [2.45, 2.75) is 26.7 Å². The summed E-state index contributed by atoms with van der Waals surface area (Å²) in [5.74, 6) is 0. The van der Waals surface area contributed by atoms with Crippen LogP contribution in [0.1, 0.15) is 31.5 Å². The monoisotopic (exact) mass is 440 g/mol. The molecule has 0 aliphatic heterocycles. The summed E-state index contributed by atoms with van der Waals surface area (Å²) >= 11 is 0. The van der Waals surface area contributed by atoms with Crippen molar-refractivity contribution in [2.24, 2.45) is 0 Å². The third kappa shape index (κ3) is 3.18. The van der Waals surface area contributed by atoms with Crippen molar-refractivity contribution in [1.82, 2.24) is 9.55 Å². The Morgan fingerprint density at radius 3 is 2.21 bits per heavy atom. The third-order valence-electron chi connectivity index (χ3n) is 6.84. The zero-order valence-electron chi connectivity index (χ0n) is 19.7. The number of para-hydroxylation sites is 1. The van der Waals surface area contributed by atoms with Gasteiger partial charge in [-0.3, -0.25) is 0 Å². The average Bonchev–Trinajstić information content (AvgIpc) is 3.43. The van der Waals surface area contributed by atoms with Gasteiger partial charge in [0.1, 0.15) is 0 Å². The van der Waals surface area contributed by atoms with Gasteiger partial charge in [-0.1, -0.05) is 80.6 Å². The van der Waals surface area contributed by atoms with Crippen molar-refractivity contribution < 1.29 is 0 Å². The summed E-state index contributed by atoms with van der Waals surface area (Å²) in [7, 11) is 0. The number of nitrogens with one attached hydrogen (secondary N) is 1. The maximum absolute atomic E-state index is 3.63. The molecule has 0 amide bonds. The van der Waals surface area contributed by atoms with E-state index in [1.807, 2.05) is 0 Å². The predicted molar refractivity (Wildman–Crippen MR) is 147 cm³/mol. The van der Waals surface area contributed by atoms with Gasteiger partial charge in [0.25, 0.3) is 0 Å². The van der Waals surface area contributed by atoms with Crippen LogP contribution >= 0.6 is 0 Å². The van der Waals surface area contributed by atoms with Gasteiger partial charge in [-0.05, 0) is 65.9 Å². The standard InChI is InChI=1S/C32H28N2/c1-3-5-15-29-25(4-2)32-30(21-20-28-31(32)26-13-9-10-14-27(26)33-28)34(29)24-18-16-23(17-19-24)22-11-7-6-8-12-22/h5-21,33H,3-4H2,1-2H3/b15-5-. The third-order valence-corrected chi connectivity index (χ3v) is 6.84. The number of nitrogens with zero attached hydrogens (tertiary/aromatic N) is 1. The fraction of sp³-hybridized carbons (Fsp3) is 0.125. The molecule has 0 saturated carbocycles. The Hall–Kier alpha value is -4.04. The summed E-state index contributed by atoms with van der Waals surface area (Å²) < 4.78 is 2.44. The van der Waals surface area contributed by atoms with Gasteiger partial charge in [-0.25, -0.2) is 0 Å². The lowest BCUT2D eigenvalue weighted by molar-refractivity contribution is 1.06. The highest BCUT2D eigenvalue weighted by Crippen LogP contribution is 2.39. The minimum absolute atomic E-state index is 0.980. The summed E-state index contributed by atoms with van der Waals surface area (Å²) in [6.07, 6.45) is 6.58. The first-order valence-electron chi connectivity index (χ1n) is 12.2. The van der Waals surface area contributed by atoms with Gasteiger partial charge in [0.2, 0.25) is 0 Å². The van der Waals surface area contributed by atoms with E-state index in [0.29, 0.717) is 0 Å². The normalized spacial score (nSPS) is 11.9. The van der Waals surface area contributed by atoms with Gasteiger partial charge in [-0.15, -0.1) is 0 Å². The van der Waals surface area contributed by atoms with Gasteiger partial charge in [-0.2, -0.15) is 0 Å². The number of hydrogen-bond donors (Lipinski definition) is 1. The van der Waals surface area contributed by atoms with Crippen molar-refractivity contribution in [3.8, 4) is 16.8 Å². The highest BCUT2D eigenvalue weighted by atomic mass is 15.0. The molecule has 1 N–H and O–H groups in total. The molecule has 0 fully saturated rings. The first-order valence-corrected chi connectivity index (χ1v) is 12.2. The molecule has 0 aliphatic carbocycles. The SMILES string of the molecule is CC/C=C\c1c(CC)c2c3c(ccc2n1-c1ccc(-c2ccccc2)cc1)[nH]c1ccccc13. The molecular formula is C32H28N2. The quantitative estimate of drug-likeness (QED) is 0.276. The second-order valence-corrected chi connectivity index (χ2v) is 8.83. The molecule has 0 spiro atoms. The molecule has 2 nitrogen and oxygen atoms in total. The summed E-state index contributed by atoms with van der Waals surface area (Å²) in [5, 5.41) is 3.98. The molecule has 0 unspecified atom stereocenters. The van der Waals surface area contributed by atoms with E-state index in [1.165, 1.54) is 60.8 Å². The number of hydrogen-bond acceptors (Lipinski definition) is 0. The number of allylic oxidation sites excluding steroid dienone is 1. The van der Waals surface area contributed by atoms with E-state index in [2.05, 4.69) is 127 Å². The zero-order valence-corrected chi connectivity index (χ0v) is 19.7. The summed E-state index contributed by atoms with van der Waals surface area (Å²) in [4.78, 5) is 3.63. The molecule has 2 heterocycles. The van der Waals surface area contributed by atoms with Crippen LogP contribution in [0.3, 0.4) is 0 Å². The Kier molecular flexibility index (Phi) is 5.07. The fourth-order valence-electron chi connectivity index (χ4n) is 5.29. The lowest BCUT2D eigenvalue weighted by Gasteiger charge is -2.11. The number of aryl methyl sites for hydroxylation is 1.